The third-order valence-corrected chi connectivity index (χ3v) is 6.82. The molecule has 35 heavy (non-hydrogen) atoms. The van der Waals surface area contributed by atoms with Crippen molar-refractivity contribution in [1.29, 1.82) is 0 Å². The topological polar surface area (TPSA) is 92.8 Å². The van der Waals surface area contributed by atoms with Crippen LogP contribution in [0.2, 0.25) is 5.02 Å². The van der Waals surface area contributed by atoms with Crippen LogP contribution in [0.15, 0.2) is 76.3 Å². The Morgan fingerprint density at radius 3 is 2.29 bits per heavy atom. The summed E-state index contributed by atoms with van der Waals surface area (Å²) in [6, 6.07) is 5.91. The van der Waals surface area contributed by atoms with Crippen LogP contribution in [0.5, 0.6) is 5.75 Å². The number of halogens is 5. The summed E-state index contributed by atoms with van der Waals surface area (Å²) >= 11 is 12.2. The number of benzene rings is 2. The molecule has 0 saturated heterocycles. The number of ether oxygens (including phenoxy) is 1. The van der Waals surface area contributed by atoms with Crippen LogP contribution in [-0.2, 0) is 10.0 Å². The Kier molecular flexibility index (Phi) is 6.43. The maximum Gasteiger partial charge on any atom is 0.573 e. The minimum atomic E-state index is -4.94. The smallest absolute Gasteiger partial charge is 0.406 e. The van der Waals surface area contributed by atoms with E-state index in [1.165, 1.54) is 18.2 Å². The summed E-state index contributed by atoms with van der Waals surface area (Å²) in [5, 5.41) is 0.204. The fourth-order valence-electron chi connectivity index (χ4n) is 3.44. The van der Waals surface area contributed by atoms with E-state index < -0.39 is 38.8 Å². The summed E-state index contributed by atoms with van der Waals surface area (Å²) in [6.07, 6.45) is 1.77. The largest absolute Gasteiger partial charge is 0.573 e. The number of imide groups is 1. The first-order valence-electron chi connectivity index (χ1n) is 9.71. The highest BCUT2D eigenvalue weighted by molar-refractivity contribution is 7.92. The van der Waals surface area contributed by atoms with Crippen molar-refractivity contribution in [3.8, 4) is 5.75 Å². The lowest BCUT2D eigenvalue weighted by molar-refractivity contribution is -0.274. The molecule has 1 N–H and O–H groups in total. The van der Waals surface area contributed by atoms with Gasteiger partial charge in [-0.3, -0.25) is 14.3 Å². The number of nitrogens with one attached hydrogen (secondary N) is 1. The molecule has 1 heterocycles. The molecule has 2 aliphatic rings. The molecule has 0 aromatic heterocycles. The van der Waals surface area contributed by atoms with E-state index in [-0.39, 0.29) is 32.6 Å². The zero-order valence-electron chi connectivity index (χ0n) is 17.3. The van der Waals surface area contributed by atoms with Gasteiger partial charge in [0.2, 0.25) is 0 Å². The Bertz CT molecular complexity index is 1430. The van der Waals surface area contributed by atoms with E-state index in [2.05, 4.69) is 9.46 Å². The molecule has 0 bridgehead atoms. The number of carbonyl (C=O) groups excluding carboxylic acids is 2. The van der Waals surface area contributed by atoms with Crippen molar-refractivity contribution in [3.05, 3.63) is 87.6 Å². The fourth-order valence-corrected chi connectivity index (χ4v) is 4.95. The third kappa shape index (κ3) is 5.07. The van der Waals surface area contributed by atoms with Crippen molar-refractivity contribution in [2.75, 3.05) is 4.72 Å². The molecule has 1 aliphatic carbocycles. The molecule has 0 fully saturated rings. The van der Waals surface area contributed by atoms with Crippen molar-refractivity contribution in [2.24, 2.45) is 0 Å². The van der Waals surface area contributed by atoms with Crippen LogP contribution in [0.25, 0.3) is 0 Å². The average molecular weight is 545 g/mol. The summed E-state index contributed by atoms with van der Waals surface area (Å²) in [5.41, 5.74) is -0.515. The molecular weight excluding hydrogens is 532 g/mol. The predicted octanol–water partition coefficient (Wildman–Crippen LogP) is 5.60. The van der Waals surface area contributed by atoms with Crippen molar-refractivity contribution in [2.45, 2.75) is 17.7 Å². The number of fused-ring (bicyclic) bond motifs is 1. The van der Waals surface area contributed by atoms with E-state index in [1.807, 2.05) is 0 Å². The van der Waals surface area contributed by atoms with Crippen LogP contribution >= 0.6 is 23.2 Å². The molecule has 13 heteroatoms. The van der Waals surface area contributed by atoms with Gasteiger partial charge in [-0.1, -0.05) is 35.4 Å². The molecule has 182 valence electrons. The summed E-state index contributed by atoms with van der Waals surface area (Å²) in [5.74, 6) is -2.20. The van der Waals surface area contributed by atoms with Crippen molar-refractivity contribution in [3.63, 3.8) is 0 Å². The van der Waals surface area contributed by atoms with Gasteiger partial charge in [0.25, 0.3) is 21.8 Å². The minimum Gasteiger partial charge on any atom is -0.406 e. The van der Waals surface area contributed by atoms with Crippen LogP contribution in [0.4, 0.5) is 18.9 Å². The van der Waals surface area contributed by atoms with Gasteiger partial charge in [0.1, 0.15) is 5.75 Å². The monoisotopic (exact) mass is 544 g/mol. The molecule has 1 aliphatic heterocycles. The lowest BCUT2D eigenvalue weighted by Crippen LogP contribution is -2.28. The van der Waals surface area contributed by atoms with Gasteiger partial charge in [0, 0.05) is 5.03 Å². The molecule has 0 atom stereocenters. The quantitative estimate of drug-likeness (QED) is 0.494. The molecule has 2 amide bonds. The maximum atomic E-state index is 13.3. The summed E-state index contributed by atoms with van der Waals surface area (Å²) in [4.78, 5) is 26.8. The van der Waals surface area contributed by atoms with Gasteiger partial charge in [0.05, 0.1) is 32.4 Å². The summed E-state index contributed by atoms with van der Waals surface area (Å²) < 4.78 is 68.8. The number of anilines is 1. The summed E-state index contributed by atoms with van der Waals surface area (Å²) in [7, 11) is -4.38. The van der Waals surface area contributed by atoms with Gasteiger partial charge in [-0.25, -0.2) is 13.3 Å². The first kappa shape index (κ1) is 24.8. The van der Waals surface area contributed by atoms with Gasteiger partial charge in [-0.15, -0.1) is 13.2 Å². The van der Waals surface area contributed by atoms with Crippen LogP contribution in [0, 0.1) is 0 Å². The number of rotatable bonds is 5. The van der Waals surface area contributed by atoms with E-state index in [0.717, 1.165) is 29.2 Å². The zero-order chi connectivity index (χ0) is 25.5. The van der Waals surface area contributed by atoms with E-state index in [4.69, 9.17) is 23.2 Å². The van der Waals surface area contributed by atoms with Gasteiger partial charge in [-0.05, 0) is 55.0 Å². The number of amides is 2. The second-order valence-corrected chi connectivity index (χ2v) is 9.74. The Morgan fingerprint density at radius 2 is 1.63 bits per heavy atom. The van der Waals surface area contributed by atoms with Crippen LogP contribution in [0.1, 0.15) is 27.1 Å². The maximum absolute atomic E-state index is 13.3. The van der Waals surface area contributed by atoms with E-state index in [1.54, 1.807) is 18.2 Å². The lowest BCUT2D eigenvalue weighted by atomic mass is 10.1. The lowest BCUT2D eigenvalue weighted by Gasteiger charge is -2.15. The third-order valence-electron chi connectivity index (χ3n) is 4.88. The van der Waals surface area contributed by atoms with Crippen LogP contribution < -0.4 is 9.46 Å². The molecule has 2 aromatic rings. The first-order valence-corrected chi connectivity index (χ1v) is 11.9. The van der Waals surface area contributed by atoms with Crippen LogP contribution in [-0.4, -0.2) is 31.5 Å². The Hall–Kier alpha value is -3.28. The van der Waals surface area contributed by atoms with Gasteiger partial charge in [-0.2, -0.15) is 0 Å². The highest BCUT2D eigenvalue weighted by atomic mass is 35.5. The number of allylic oxidation sites excluding steroid dienone is 5. The second kappa shape index (κ2) is 9.06. The number of hydrogen-bond donors (Lipinski definition) is 1. The summed E-state index contributed by atoms with van der Waals surface area (Å²) in [6.45, 7) is 0. The molecular formula is C22H13Cl2F3N2O5S. The van der Waals surface area contributed by atoms with Crippen molar-refractivity contribution < 1.29 is 35.9 Å². The second-order valence-electron chi connectivity index (χ2n) is 7.21. The molecule has 7 nitrogen and oxygen atoms in total. The fraction of sp³-hybridized carbons (Fsp3) is 0.0909. The van der Waals surface area contributed by atoms with Gasteiger partial charge >= 0.3 is 6.36 Å². The highest BCUT2D eigenvalue weighted by Crippen LogP contribution is 2.38. The predicted molar refractivity (Wildman–Crippen MR) is 122 cm³/mol. The molecule has 0 unspecified atom stereocenters. The molecule has 0 spiro atoms. The number of sulfonamides is 1. The number of hydrogen-bond acceptors (Lipinski definition) is 5. The number of carbonyl (C=O) groups is 2. The molecule has 4 rings (SSSR count). The average Bonchev–Trinajstić information content (AvgIpc) is 2.88. The zero-order valence-corrected chi connectivity index (χ0v) is 19.6. The number of alkyl halides is 3. The van der Waals surface area contributed by atoms with E-state index in [9.17, 15) is 31.2 Å². The Balaban J connectivity index is 1.68. The van der Waals surface area contributed by atoms with Crippen LogP contribution in [0.3, 0.4) is 0 Å². The highest BCUT2D eigenvalue weighted by Gasteiger charge is 2.41. The Labute approximate surface area is 207 Å². The van der Waals surface area contributed by atoms with E-state index in [0.29, 0.717) is 6.42 Å². The van der Waals surface area contributed by atoms with Gasteiger partial charge < -0.3 is 4.74 Å². The SMILES string of the molecule is O=C1c2c(Cl)ccc(NS(=O)(=O)c3ccc(OC(F)(F)F)cc3)c2C(=O)N1C1=CCC=CC(Cl)=C1. The Morgan fingerprint density at radius 1 is 0.971 bits per heavy atom. The van der Waals surface area contributed by atoms with E-state index >= 15 is 0 Å². The molecule has 0 radical (unpaired) electrons. The van der Waals surface area contributed by atoms with Crippen molar-refractivity contribution >= 4 is 50.7 Å². The molecule has 2 aromatic carbocycles. The van der Waals surface area contributed by atoms with Gasteiger partial charge in [0.15, 0.2) is 0 Å². The molecule has 0 saturated carbocycles. The van der Waals surface area contributed by atoms with Crippen molar-refractivity contribution in [1.82, 2.24) is 4.90 Å². The normalized spacial score (nSPS) is 16.0. The number of nitrogens with zero attached hydrogens (tertiary/aromatic N) is 1. The standard InChI is InChI=1S/C22H13Cl2F3N2O5S/c23-12-3-1-2-4-13(11-12)29-20(30)18-16(24)9-10-17(19(18)21(29)31)28-35(32,33)15-7-5-14(6-8-15)34-22(25,26)27/h1,3-11,28H,2H2. The minimum absolute atomic E-state index is 0.0696. The first-order chi connectivity index (χ1) is 16.4.